The Balaban J connectivity index is 1.42. The van der Waals surface area contributed by atoms with E-state index in [-0.39, 0.29) is 5.57 Å². The topological polar surface area (TPSA) is 301 Å². The molecule has 0 bridgehead atoms. The lowest BCUT2D eigenvalue weighted by Gasteiger charge is -2.48. The fraction of sp³-hybridized carbons (Fsp3) is 0.923. The van der Waals surface area contributed by atoms with E-state index in [1.807, 2.05) is 0 Å². The third-order valence-electron chi connectivity index (χ3n) is 8.74. The van der Waals surface area contributed by atoms with Gasteiger partial charge in [0.05, 0.1) is 44.1 Å². The first-order chi connectivity index (χ1) is 20.7. The van der Waals surface area contributed by atoms with Crippen molar-refractivity contribution in [2.75, 3.05) is 19.8 Å². The molecular formula is C26H45NO17. The number of aliphatic hydroxyl groups excluding tert-OH is 12. The highest BCUT2D eigenvalue weighted by atomic mass is 16.7. The number of nitrogens with one attached hydrogen (secondary N) is 1. The summed E-state index contributed by atoms with van der Waals surface area (Å²) in [6.07, 6.45) is -24.1. The minimum absolute atomic E-state index is 0.0336. The molecule has 4 aliphatic rings. The van der Waals surface area contributed by atoms with E-state index in [2.05, 4.69) is 5.32 Å². The van der Waals surface area contributed by atoms with Crippen LogP contribution in [0.15, 0.2) is 11.6 Å². The van der Waals surface area contributed by atoms with Crippen molar-refractivity contribution in [3.8, 4) is 0 Å². The molecule has 0 aromatic rings. The molecule has 0 aromatic heterocycles. The lowest BCUT2D eigenvalue weighted by atomic mass is 9.86. The molecule has 4 rings (SSSR count). The number of hydrogen-bond donors (Lipinski definition) is 13. The molecule has 3 aliphatic heterocycles. The minimum atomic E-state index is -1.87. The van der Waals surface area contributed by atoms with Crippen LogP contribution in [0.2, 0.25) is 0 Å². The van der Waals surface area contributed by atoms with Gasteiger partial charge < -0.3 is 90.3 Å². The zero-order valence-corrected chi connectivity index (χ0v) is 24.1. The molecule has 256 valence electrons. The Kier molecular flexibility index (Phi) is 12.1. The van der Waals surface area contributed by atoms with Crippen LogP contribution >= 0.6 is 0 Å². The monoisotopic (exact) mass is 643 g/mol. The number of rotatable bonds is 9. The van der Waals surface area contributed by atoms with Crippen molar-refractivity contribution in [3.05, 3.63) is 11.6 Å². The Morgan fingerprint density at radius 1 is 0.614 bits per heavy atom. The Hall–Kier alpha value is -0.980. The molecule has 18 heteroatoms. The number of hydrogen-bond acceptors (Lipinski definition) is 18. The SMILES string of the molecule is CC1OC(O[C@@H]2C(CO)OC(O[C@@H]3C(CO)OC(C)[C@H](O)[C@H]3O)[C@H](O)[C@H]2O)[C@H](O)[C@@H](O)[C@@H]1NC1C=C(CO)[C@@H](O)[C@H](O)[C@H]1O. The predicted octanol–water partition coefficient (Wildman–Crippen LogP) is -7.49. The van der Waals surface area contributed by atoms with Crippen molar-refractivity contribution < 1.29 is 85.0 Å². The second kappa shape index (κ2) is 14.8. The summed E-state index contributed by atoms with van der Waals surface area (Å²) in [5.74, 6) is 0. The molecule has 13 N–H and O–H groups in total. The first kappa shape index (κ1) is 35.9. The normalized spacial score (nSPS) is 52.0. The van der Waals surface area contributed by atoms with Gasteiger partial charge in [-0.15, -0.1) is 0 Å². The lowest BCUT2D eigenvalue weighted by molar-refractivity contribution is -0.367. The molecule has 1 aliphatic carbocycles. The lowest BCUT2D eigenvalue weighted by Crippen LogP contribution is -2.68. The van der Waals surface area contributed by atoms with Crippen molar-refractivity contribution in [3.63, 3.8) is 0 Å². The summed E-state index contributed by atoms with van der Waals surface area (Å²) in [4.78, 5) is 0. The Morgan fingerprint density at radius 3 is 1.70 bits per heavy atom. The molecule has 0 spiro atoms. The predicted molar refractivity (Wildman–Crippen MR) is 141 cm³/mol. The van der Waals surface area contributed by atoms with Crippen LogP contribution in [-0.2, 0) is 23.7 Å². The highest BCUT2D eigenvalue weighted by molar-refractivity contribution is 5.22. The molecule has 7 unspecified atom stereocenters. The van der Waals surface area contributed by atoms with Crippen LogP contribution in [0.25, 0.3) is 0 Å². The van der Waals surface area contributed by atoms with E-state index in [0.717, 1.165) is 0 Å². The summed E-state index contributed by atoms with van der Waals surface area (Å²) >= 11 is 0. The Labute approximate surface area is 252 Å². The van der Waals surface area contributed by atoms with Crippen molar-refractivity contribution in [2.24, 2.45) is 0 Å². The quantitative estimate of drug-likeness (QED) is 0.104. The smallest absolute Gasteiger partial charge is 0.187 e. The first-order valence-corrected chi connectivity index (χ1v) is 14.4. The van der Waals surface area contributed by atoms with Crippen LogP contribution in [0.1, 0.15) is 13.8 Å². The molecule has 44 heavy (non-hydrogen) atoms. The van der Waals surface area contributed by atoms with Crippen molar-refractivity contribution >= 4 is 0 Å². The van der Waals surface area contributed by atoms with Gasteiger partial charge in [0.2, 0.25) is 0 Å². The van der Waals surface area contributed by atoms with Crippen LogP contribution in [0, 0.1) is 0 Å². The van der Waals surface area contributed by atoms with Crippen molar-refractivity contribution in [1.29, 1.82) is 0 Å². The maximum Gasteiger partial charge on any atom is 0.187 e. The number of ether oxygens (including phenoxy) is 5. The molecule has 0 amide bonds. The molecular weight excluding hydrogens is 598 g/mol. The average Bonchev–Trinajstić information content (AvgIpc) is 3.00. The van der Waals surface area contributed by atoms with Gasteiger partial charge in [-0.2, -0.15) is 0 Å². The number of aliphatic hydroxyl groups is 12. The van der Waals surface area contributed by atoms with Crippen LogP contribution < -0.4 is 5.32 Å². The van der Waals surface area contributed by atoms with E-state index >= 15 is 0 Å². The zero-order valence-electron chi connectivity index (χ0n) is 24.1. The molecule has 18 nitrogen and oxygen atoms in total. The standard InChI is InChI=1S/C26H45NO17/c1-7-13(27-10-3-9(4-28)15(32)18(35)16(10)33)17(34)21(38)25(41-7)43-24-12(6-30)42-26(22(39)20(24)37)44-23-11(5-29)40-8(2)14(31)19(23)36/h3,7-8,10-39H,4-6H2,1-2H3/t7?,8?,10?,11?,12?,13-,14+,15-,16+,17+,18+,19-,20-,21-,22-,23-,24-,25?,26?/m1/s1. The molecule has 0 radical (unpaired) electrons. The van der Waals surface area contributed by atoms with Gasteiger partial charge in [0.15, 0.2) is 12.6 Å². The van der Waals surface area contributed by atoms with Crippen LogP contribution in [0.5, 0.6) is 0 Å². The summed E-state index contributed by atoms with van der Waals surface area (Å²) in [6.45, 7) is 0.950. The molecule has 3 heterocycles. The molecule has 3 saturated heterocycles. The molecule has 3 fully saturated rings. The third kappa shape index (κ3) is 6.98. The van der Waals surface area contributed by atoms with Gasteiger partial charge in [-0.1, -0.05) is 6.08 Å². The second-order valence-electron chi connectivity index (χ2n) is 11.7. The summed E-state index contributed by atoms with van der Waals surface area (Å²) < 4.78 is 28.1. The first-order valence-electron chi connectivity index (χ1n) is 14.4. The third-order valence-corrected chi connectivity index (χ3v) is 8.74. The van der Waals surface area contributed by atoms with Crippen LogP contribution in [0.4, 0.5) is 0 Å². The zero-order chi connectivity index (χ0) is 32.6. The largest absolute Gasteiger partial charge is 0.394 e. The maximum absolute atomic E-state index is 10.9. The Bertz CT molecular complexity index is 958. The van der Waals surface area contributed by atoms with Gasteiger partial charge in [0.25, 0.3) is 0 Å². The summed E-state index contributed by atoms with van der Waals surface area (Å²) in [5.41, 5.74) is 0.0336. The van der Waals surface area contributed by atoms with Gasteiger partial charge in [-0.3, -0.25) is 0 Å². The molecule has 0 saturated carbocycles. The molecule has 19 atom stereocenters. The van der Waals surface area contributed by atoms with E-state index in [4.69, 9.17) is 23.7 Å². The maximum atomic E-state index is 10.9. The van der Waals surface area contributed by atoms with Gasteiger partial charge in [-0.05, 0) is 19.4 Å². The van der Waals surface area contributed by atoms with Gasteiger partial charge in [0, 0.05) is 0 Å². The van der Waals surface area contributed by atoms with E-state index in [0.29, 0.717) is 0 Å². The van der Waals surface area contributed by atoms with Gasteiger partial charge >= 0.3 is 0 Å². The van der Waals surface area contributed by atoms with Crippen molar-refractivity contribution in [2.45, 2.75) is 130 Å². The highest BCUT2D eigenvalue weighted by Crippen LogP contribution is 2.33. The fourth-order valence-corrected chi connectivity index (χ4v) is 6.02. The highest BCUT2D eigenvalue weighted by Gasteiger charge is 2.53. The van der Waals surface area contributed by atoms with E-state index in [9.17, 15) is 61.3 Å². The van der Waals surface area contributed by atoms with Crippen LogP contribution in [-0.4, -0.2) is 197 Å². The molecule has 0 aromatic carbocycles. The van der Waals surface area contributed by atoms with Crippen LogP contribution in [0.3, 0.4) is 0 Å². The Morgan fingerprint density at radius 2 is 1.14 bits per heavy atom. The van der Waals surface area contributed by atoms with Gasteiger partial charge in [0.1, 0.15) is 79.4 Å². The average molecular weight is 644 g/mol. The van der Waals surface area contributed by atoms with E-state index in [1.165, 1.54) is 19.9 Å². The summed E-state index contributed by atoms with van der Waals surface area (Å²) in [5, 5.41) is 127. The second-order valence-corrected chi connectivity index (χ2v) is 11.7. The minimum Gasteiger partial charge on any atom is -0.394 e. The van der Waals surface area contributed by atoms with E-state index < -0.39 is 136 Å². The fourth-order valence-electron chi connectivity index (χ4n) is 6.02. The summed E-state index contributed by atoms with van der Waals surface area (Å²) in [7, 11) is 0. The van der Waals surface area contributed by atoms with E-state index in [1.54, 1.807) is 0 Å². The van der Waals surface area contributed by atoms with Crippen molar-refractivity contribution in [1.82, 2.24) is 5.32 Å². The van der Waals surface area contributed by atoms with Gasteiger partial charge in [-0.25, -0.2) is 0 Å². The summed E-state index contributed by atoms with van der Waals surface area (Å²) in [6, 6.07) is -2.14.